The molecule has 0 amide bonds. The molecule has 0 fully saturated rings. The average Bonchev–Trinajstić information content (AvgIpc) is 3.34. The molecule has 0 saturated heterocycles. The molecule has 0 aliphatic carbocycles. The van der Waals surface area contributed by atoms with Crippen molar-refractivity contribution in [3.63, 3.8) is 0 Å². The van der Waals surface area contributed by atoms with Crippen LogP contribution in [0.5, 0.6) is 11.5 Å². The lowest BCUT2D eigenvalue weighted by atomic mass is 10.1. The van der Waals surface area contributed by atoms with E-state index < -0.39 is 0 Å². The quantitative estimate of drug-likeness (QED) is 0.128. The van der Waals surface area contributed by atoms with Crippen LogP contribution in [0.2, 0.25) is 0 Å². The fourth-order valence-corrected chi connectivity index (χ4v) is 3.71. The van der Waals surface area contributed by atoms with Crippen molar-refractivity contribution in [3.05, 3.63) is 101 Å². The molecular weight excluding hydrogens is 484 g/mol. The van der Waals surface area contributed by atoms with E-state index in [1.807, 2.05) is 85.8 Å². The van der Waals surface area contributed by atoms with E-state index in [9.17, 15) is 4.79 Å². The molecule has 0 radical (unpaired) electrons. The van der Waals surface area contributed by atoms with Crippen LogP contribution in [0.1, 0.15) is 35.4 Å². The van der Waals surface area contributed by atoms with Gasteiger partial charge in [0.05, 0.1) is 26.4 Å². The highest BCUT2D eigenvalue weighted by molar-refractivity contribution is 6.01. The Hall–Kier alpha value is -4.59. The third-order valence-corrected chi connectivity index (χ3v) is 5.81. The number of hydrogen-bond donors (Lipinski definition) is 0. The predicted octanol–water partition coefficient (Wildman–Crippen LogP) is 6.11. The van der Waals surface area contributed by atoms with Gasteiger partial charge < -0.3 is 23.5 Å². The van der Waals surface area contributed by atoms with E-state index in [4.69, 9.17) is 23.5 Å². The second-order valence-electron chi connectivity index (χ2n) is 8.42. The number of nitrogens with zero attached hydrogens (tertiary/aromatic N) is 2. The van der Waals surface area contributed by atoms with E-state index in [0.717, 1.165) is 16.7 Å². The lowest BCUT2D eigenvalue weighted by molar-refractivity contribution is -0.140. The van der Waals surface area contributed by atoms with Crippen LogP contribution in [0.15, 0.2) is 88.4 Å². The number of ether oxygens (including phenoxy) is 3. The second-order valence-corrected chi connectivity index (χ2v) is 8.42. The first kappa shape index (κ1) is 26.5. The van der Waals surface area contributed by atoms with Gasteiger partial charge in [0.1, 0.15) is 24.7 Å². The third kappa shape index (κ3) is 7.00. The number of carbonyl (C=O) groups is 1. The van der Waals surface area contributed by atoms with Gasteiger partial charge in [-0.1, -0.05) is 59.8 Å². The molecule has 0 aliphatic rings. The molecule has 8 nitrogen and oxygen atoms in total. The minimum atomic E-state index is -0.300. The van der Waals surface area contributed by atoms with Crippen LogP contribution in [-0.4, -0.2) is 30.9 Å². The fourth-order valence-electron chi connectivity index (χ4n) is 3.71. The van der Waals surface area contributed by atoms with Gasteiger partial charge in [-0.3, -0.25) is 4.79 Å². The summed E-state index contributed by atoms with van der Waals surface area (Å²) in [7, 11) is 2.95. The molecule has 4 aromatic rings. The third-order valence-electron chi connectivity index (χ3n) is 5.81. The summed E-state index contributed by atoms with van der Waals surface area (Å²) in [5.74, 6) is 2.10. The summed E-state index contributed by atoms with van der Waals surface area (Å²) in [6.07, 6.45) is 0.617. The van der Waals surface area contributed by atoms with E-state index >= 15 is 0 Å². The van der Waals surface area contributed by atoms with E-state index in [2.05, 4.69) is 10.1 Å². The van der Waals surface area contributed by atoms with E-state index in [0.29, 0.717) is 41.0 Å². The zero-order valence-corrected chi connectivity index (χ0v) is 21.7. The minimum absolute atomic E-state index is 0.214. The number of aryl methyl sites for hydroxylation is 1. The van der Waals surface area contributed by atoms with Gasteiger partial charge in [0.25, 0.3) is 0 Å². The summed E-state index contributed by atoms with van der Waals surface area (Å²) in [6.45, 7) is 2.32. The summed E-state index contributed by atoms with van der Waals surface area (Å²) in [5.41, 5.74) is 4.03. The summed E-state index contributed by atoms with van der Waals surface area (Å²) in [5, 5.41) is 4.30. The molecule has 196 valence electrons. The van der Waals surface area contributed by atoms with Crippen molar-refractivity contribution in [1.82, 2.24) is 4.98 Å². The normalized spacial score (nSPS) is 11.2. The van der Waals surface area contributed by atoms with Gasteiger partial charge in [-0.05, 0) is 42.3 Å². The van der Waals surface area contributed by atoms with Crippen molar-refractivity contribution in [2.75, 3.05) is 14.2 Å². The molecule has 0 spiro atoms. The van der Waals surface area contributed by atoms with Gasteiger partial charge in [0, 0.05) is 12.0 Å². The standard InChI is InChI=1S/C30H30N2O6/c1-21-26(31-30(38-21)24-12-8-5-9-13-24)20-36-27-16-14-22(18-28(27)34-2)19-37-32-25(15-17-29(33)35-3)23-10-6-4-7-11-23/h4-14,16,18H,15,17,19-20H2,1-3H3/b32-25-. The van der Waals surface area contributed by atoms with E-state index in [-0.39, 0.29) is 25.6 Å². The van der Waals surface area contributed by atoms with Crippen molar-refractivity contribution in [2.45, 2.75) is 33.0 Å². The average molecular weight is 515 g/mol. The zero-order valence-electron chi connectivity index (χ0n) is 21.7. The number of methoxy groups -OCH3 is 2. The SMILES string of the molecule is COC(=O)CC/C(=N/OCc1ccc(OCc2nc(-c3ccccc3)oc2C)c(OC)c1)c1ccccc1. The monoisotopic (exact) mass is 514 g/mol. The lowest BCUT2D eigenvalue weighted by Crippen LogP contribution is -2.08. The Morgan fingerprint density at radius 2 is 1.63 bits per heavy atom. The first-order chi connectivity index (χ1) is 18.6. The highest BCUT2D eigenvalue weighted by Gasteiger charge is 2.14. The van der Waals surface area contributed by atoms with Crippen LogP contribution in [0.25, 0.3) is 11.5 Å². The van der Waals surface area contributed by atoms with Gasteiger partial charge in [0.2, 0.25) is 5.89 Å². The Morgan fingerprint density at radius 3 is 2.34 bits per heavy atom. The first-order valence-electron chi connectivity index (χ1n) is 12.2. The number of oxazole rings is 1. The highest BCUT2D eigenvalue weighted by atomic mass is 16.6. The summed E-state index contributed by atoms with van der Waals surface area (Å²) in [6, 6.07) is 24.9. The zero-order chi connectivity index (χ0) is 26.7. The van der Waals surface area contributed by atoms with Gasteiger partial charge in [0.15, 0.2) is 11.5 Å². The summed E-state index contributed by atoms with van der Waals surface area (Å²) in [4.78, 5) is 21.9. The van der Waals surface area contributed by atoms with Crippen LogP contribution >= 0.6 is 0 Å². The summed E-state index contributed by atoms with van der Waals surface area (Å²) < 4.78 is 22.1. The van der Waals surface area contributed by atoms with Gasteiger partial charge in [-0.15, -0.1) is 0 Å². The molecule has 0 N–H and O–H groups in total. The number of hydrogen-bond acceptors (Lipinski definition) is 8. The first-order valence-corrected chi connectivity index (χ1v) is 12.2. The summed E-state index contributed by atoms with van der Waals surface area (Å²) >= 11 is 0. The smallest absolute Gasteiger partial charge is 0.305 e. The van der Waals surface area contributed by atoms with E-state index in [1.165, 1.54) is 7.11 Å². The molecule has 38 heavy (non-hydrogen) atoms. The molecule has 1 heterocycles. The Balaban J connectivity index is 1.40. The maximum atomic E-state index is 11.6. The van der Waals surface area contributed by atoms with E-state index in [1.54, 1.807) is 7.11 Å². The van der Waals surface area contributed by atoms with Crippen LogP contribution in [0, 0.1) is 6.92 Å². The maximum Gasteiger partial charge on any atom is 0.305 e. The van der Waals surface area contributed by atoms with Crippen molar-refractivity contribution in [3.8, 4) is 23.0 Å². The number of carbonyl (C=O) groups excluding carboxylic acids is 1. The van der Waals surface area contributed by atoms with Gasteiger partial charge in [-0.25, -0.2) is 4.98 Å². The Kier molecular flexibility index (Phi) is 9.12. The molecule has 0 aliphatic heterocycles. The molecule has 4 rings (SSSR count). The number of aromatic nitrogens is 1. The molecule has 0 atom stereocenters. The number of benzene rings is 3. The minimum Gasteiger partial charge on any atom is -0.493 e. The molecule has 8 heteroatoms. The largest absolute Gasteiger partial charge is 0.493 e. The number of oxime groups is 1. The molecule has 1 aromatic heterocycles. The Morgan fingerprint density at radius 1 is 0.895 bits per heavy atom. The van der Waals surface area contributed by atoms with Gasteiger partial charge >= 0.3 is 5.97 Å². The van der Waals surface area contributed by atoms with Gasteiger partial charge in [-0.2, -0.15) is 0 Å². The Bertz CT molecular complexity index is 1370. The lowest BCUT2D eigenvalue weighted by Gasteiger charge is -2.12. The Labute approximate surface area is 221 Å². The molecular formula is C30H30N2O6. The predicted molar refractivity (Wildman–Crippen MR) is 143 cm³/mol. The number of esters is 1. The fraction of sp³-hybridized carbons (Fsp3) is 0.233. The number of rotatable bonds is 12. The maximum absolute atomic E-state index is 11.6. The van der Waals surface area contributed by atoms with Crippen LogP contribution in [-0.2, 0) is 27.6 Å². The van der Waals surface area contributed by atoms with Crippen LogP contribution in [0.4, 0.5) is 0 Å². The molecule has 0 saturated carbocycles. The van der Waals surface area contributed by atoms with Crippen LogP contribution < -0.4 is 9.47 Å². The van der Waals surface area contributed by atoms with Crippen LogP contribution in [0.3, 0.4) is 0 Å². The second kappa shape index (κ2) is 13.1. The van der Waals surface area contributed by atoms with Crippen molar-refractivity contribution in [2.24, 2.45) is 5.16 Å². The molecule has 0 bridgehead atoms. The van der Waals surface area contributed by atoms with Crippen molar-refractivity contribution in [1.29, 1.82) is 0 Å². The van der Waals surface area contributed by atoms with Crippen molar-refractivity contribution < 1.29 is 28.3 Å². The molecule has 0 unspecified atom stereocenters. The topological polar surface area (TPSA) is 92.4 Å². The highest BCUT2D eigenvalue weighted by Crippen LogP contribution is 2.30. The molecule has 3 aromatic carbocycles. The van der Waals surface area contributed by atoms with Crippen molar-refractivity contribution >= 4 is 11.7 Å².